The first-order valence-electron chi connectivity index (χ1n) is 12.1. The molecule has 2 aliphatic rings. The van der Waals surface area contributed by atoms with Gasteiger partial charge in [-0.25, -0.2) is 0 Å². The van der Waals surface area contributed by atoms with Crippen molar-refractivity contribution in [3.05, 3.63) is 92.1 Å². The summed E-state index contributed by atoms with van der Waals surface area (Å²) in [7, 11) is 1.56. The van der Waals surface area contributed by atoms with Crippen LogP contribution >= 0.6 is 34.4 Å². The Kier molecular flexibility index (Phi) is 8.03. The van der Waals surface area contributed by atoms with Gasteiger partial charge in [-0.3, -0.25) is 10.2 Å². The average Bonchev–Trinajstić information content (AvgIpc) is 3.35. The Morgan fingerprint density at radius 1 is 1.03 bits per heavy atom. The number of para-hydroxylation sites is 1. The molecule has 0 spiro atoms. The quantitative estimate of drug-likeness (QED) is 0.181. The molecule has 8 nitrogen and oxygen atoms in total. The maximum absolute atomic E-state index is 12.9. The van der Waals surface area contributed by atoms with E-state index >= 15 is 0 Å². The molecule has 0 fully saturated rings. The van der Waals surface area contributed by atoms with Gasteiger partial charge in [-0.15, -0.1) is 0 Å². The van der Waals surface area contributed by atoms with E-state index < -0.39 is 5.91 Å². The Hall–Kier alpha value is -3.64. The fourth-order valence-corrected chi connectivity index (χ4v) is 5.63. The Balaban J connectivity index is 1.32. The number of hydrogen-bond donors (Lipinski definition) is 1. The Morgan fingerprint density at radius 3 is 2.51 bits per heavy atom. The molecule has 0 bridgehead atoms. The van der Waals surface area contributed by atoms with Crippen LogP contribution in [0.4, 0.5) is 0 Å². The number of benzene rings is 3. The smallest absolute Gasteiger partial charge is 0.283 e. The lowest BCUT2D eigenvalue weighted by molar-refractivity contribution is -0.114. The van der Waals surface area contributed by atoms with E-state index in [1.54, 1.807) is 19.3 Å². The average molecular weight is 653 g/mol. The standard InChI is InChI=1S/C29H25IN4O4S/c1-17-8-10-20(11-9-17)28-33-34-26(31)21(27(35)32-29(34)39-28)14-19-15-22(30)25(24(16-19)36-3)38-13-12-37-23-7-5-4-6-18(23)2/h4-11,14-16,31H,12-13H2,1-3H3. The predicted octanol–water partition coefficient (Wildman–Crippen LogP) is 6.04. The topological polar surface area (TPSA) is 96.6 Å². The van der Waals surface area contributed by atoms with Gasteiger partial charge in [0.15, 0.2) is 17.3 Å². The second-order valence-electron chi connectivity index (χ2n) is 8.79. The van der Waals surface area contributed by atoms with Crippen LogP contribution in [0.3, 0.4) is 0 Å². The van der Waals surface area contributed by atoms with Crippen molar-refractivity contribution in [2.45, 2.75) is 13.8 Å². The number of fused-ring (bicyclic) bond motifs is 1. The van der Waals surface area contributed by atoms with Crippen LogP contribution in [0.15, 0.2) is 76.3 Å². The van der Waals surface area contributed by atoms with E-state index in [2.05, 4.69) is 32.7 Å². The van der Waals surface area contributed by atoms with Crippen LogP contribution in [0.2, 0.25) is 0 Å². The number of rotatable bonds is 8. The maximum atomic E-state index is 12.9. The predicted molar refractivity (Wildman–Crippen MR) is 163 cm³/mol. The van der Waals surface area contributed by atoms with E-state index in [-0.39, 0.29) is 11.4 Å². The third-order valence-electron chi connectivity index (χ3n) is 6.00. The normalized spacial score (nSPS) is 15.7. The molecule has 39 heavy (non-hydrogen) atoms. The van der Waals surface area contributed by atoms with Gasteiger partial charge in [-0.05, 0) is 83.6 Å². The van der Waals surface area contributed by atoms with Crippen molar-refractivity contribution in [3.63, 3.8) is 0 Å². The van der Waals surface area contributed by atoms with E-state index in [4.69, 9.17) is 19.6 Å². The summed E-state index contributed by atoms with van der Waals surface area (Å²) in [4.78, 5) is 17.1. The first-order valence-corrected chi connectivity index (χ1v) is 14.0. The van der Waals surface area contributed by atoms with Crippen molar-refractivity contribution in [1.82, 2.24) is 5.01 Å². The number of ether oxygens (including phenoxy) is 3. The summed E-state index contributed by atoms with van der Waals surface area (Å²) in [6, 6.07) is 19.4. The molecule has 0 saturated carbocycles. The summed E-state index contributed by atoms with van der Waals surface area (Å²) < 4.78 is 18.2. The monoisotopic (exact) mass is 652 g/mol. The summed E-state index contributed by atoms with van der Waals surface area (Å²) in [5.74, 6) is 1.41. The molecule has 3 aromatic rings. The summed E-state index contributed by atoms with van der Waals surface area (Å²) >= 11 is 3.45. The number of halogens is 1. The number of carbonyl (C=O) groups is 1. The number of amides is 1. The maximum Gasteiger partial charge on any atom is 0.283 e. The molecule has 198 valence electrons. The van der Waals surface area contributed by atoms with Crippen molar-refractivity contribution >= 4 is 62.4 Å². The number of nitrogens with one attached hydrogen (secondary N) is 1. The molecular weight excluding hydrogens is 627 g/mol. The summed E-state index contributed by atoms with van der Waals surface area (Å²) in [6.07, 6.45) is 1.63. The minimum absolute atomic E-state index is 0.0257. The number of amidine groups is 2. The number of methoxy groups -OCH3 is 1. The summed E-state index contributed by atoms with van der Waals surface area (Å²) in [6.45, 7) is 4.72. The first-order chi connectivity index (χ1) is 18.8. The largest absolute Gasteiger partial charge is 0.493 e. The molecule has 0 aliphatic carbocycles. The third kappa shape index (κ3) is 5.86. The van der Waals surface area contributed by atoms with E-state index in [1.807, 2.05) is 68.4 Å². The lowest BCUT2D eigenvalue weighted by Crippen LogP contribution is -2.35. The zero-order valence-electron chi connectivity index (χ0n) is 21.5. The van der Waals surface area contributed by atoms with Gasteiger partial charge in [0.1, 0.15) is 24.0 Å². The number of hydrazone groups is 1. The molecule has 0 atom stereocenters. The molecule has 1 N–H and O–H groups in total. The molecule has 10 heteroatoms. The van der Waals surface area contributed by atoms with E-state index in [1.165, 1.54) is 16.8 Å². The Labute approximate surface area is 244 Å². The molecule has 1 amide bonds. The van der Waals surface area contributed by atoms with Gasteiger partial charge >= 0.3 is 0 Å². The van der Waals surface area contributed by atoms with Crippen LogP contribution in [-0.4, -0.2) is 47.3 Å². The summed E-state index contributed by atoms with van der Waals surface area (Å²) in [5, 5.41) is 15.7. The number of aliphatic imine (C=N–C) groups is 1. The highest BCUT2D eigenvalue weighted by atomic mass is 127. The molecule has 0 saturated heterocycles. The Bertz CT molecular complexity index is 1550. The molecule has 0 aromatic heterocycles. The molecular formula is C29H25IN4O4S. The van der Waals surface area contributed by atoms with Gasteiger partial charge in [-0.2, -0.15) is 15.1 Å². The van der Waals surface area contributed by atoms with Crippen LogP contribution in [0.1, 0.15) is 22.3 Å². The summed E-state index contributed by atoms with van der Waals surface area (Å²) in [5.41, 5.74) is 3.94. The third-order valence-corrected chi connectivity index (χ3v) is 7.76. The molecule has 0 radical (unpaired) electrons. The van der Waals surface area contributed by atoms with Gasteiger partial charge < -0.3 is 14.2 Å². The lowest BCUT2D eigenvalue weighted by Gasteiger charge is -2.20. The second-order valence-corrected chi connectivity index (χ2v) is 10.9. The van der Waals surface area contributed by atoms with Crippen molar-refractivity contribution in [2.75, 3.05) is 20.3 Å². The van der Waals surface area contributed by atoms with Crippen molar-refractivity contribution in [3.8, 4) is 17.2 Å². The van der Waals surface area contributed by atoms with E-state index in [0.717, 1.165) is 26.0 Å². The fourth-order valence-electron chi connectivity index (χ4n) is 3.95. The van der Waals surface area contributed by atoms with Crippen molar-refractivity contribution < 1.29 is 19.0 Å². The van der Waals surface area contributed by atoms with Crippen LogP contribution in [-0.2, 0) is 4.79 Å². The van der Waals surface area contributed by atoms with Gasteiger partial charge in [0.2, 0.25) is 5.17 Å². The fraction of sp³-hybridized carbons (Fsp3) is 0.172. The van der Waals surface area contributed by atoms with Crippen molar-refractivity contribution in [2.24, 2.45) is 10.1 Å². The van der Waals surface area contributed by atoms with Crippen LogP contribution in [0.5, 0.6) is 17.2 Å². The number of thioether (sulfide) groups is 1. The number of nitrogens with zero attached hydrogens (tertiary/aromatic N) is 3. The first kappa shape index (κ1) is 26.9. The number of aryl methyl sites for hydroxylation is 2. The van der Waals surface area contributed by atoms with E-state index in [9.17, 15) is 4.79 Å². The molecule has 2 aliphatic heterocycles. The molecule has 0 unspecified atom stereocenters. The second kappa shape index (κ2) is 11.6. The van der Waals surface area contributed by atoms with Gasteiger partial charge in [0.05, 0.1) is 16.3 Å². The molecule has 3 aromatic carbocycles. The van der Waals surface area contributed by atoms with Crippen LogP contribution in [0.25, 0.3) is 6.08 Å². The van der Waals surface area contributed by atoms with E-state index in [0.29, 0.717) is 40.5 Å². The Morgan fingerprint density at radius 2 is 1.77 bits per heavy atom. The minimum Gasteiger partial charge on any atom is -0.493 e. The zero-order valence-corrected chi connectivity index (χ0v) is 24.5. The van der Waals surface area contributed by atoms with Gasteiger partial charge in [-0.1, -0.05) is 48.0 Å². The zero-order chi connectivity index (χ0) is 27.5. The molecule has 5 rings (SSSR count). The molecule has 2 heterocycles. The minimum atomic E-state index is -0.484. The lowest BCUT2D eigenvalue weighted by atomic mass is 10.1. The highest BCUT2D eigenvalue weighted by Crippen LogP contribution is 2.36. The number of carbonyl (C=O) groups excluding carboxylic acids is 1. The SMILES string of the molecule is COc1cc(C=C2C(=N)N3N=C(c4ccc(C)cc4)SC3=NC2=O)cc(I)c1OCCOc1ccccc1C. The highest BCUT2D eigenvalue weighted by molar-refractivity contribution is 14.1. The highest BCUT2D eigenvalue weighted by Gasteiger charge is 2.36. The number of hydrogen-bond acceptors (Lipinski definition) is 7. The van der Waals surface area contributed by atoms with Crippen molar-refractivity contribution in [1.29, 1.82) is 5.41 Å². The van der Waals surface area contributed by atoms with Gasteiger partial charge in [0, 0.05) is 5.56 Å². The van der Waals surface area contributed by atoms with Crippen LogP contribution < -0.4 is 14.2 Å². The van der Waals surface area contributed by atoms with Gasteiger partial charge in [0.25, 0.3) is 5.91 Å². The van der Waals surface area contributed by atoms with Crippen LogP contribution in [0, 0.1) is 22.8 Å².